The first kappa shape index (κ1) is 20.2. The molecule has 2 aromatic carbocycles. The summed E-state index contributed by atoms with van der Waals surface area (Å²) in [4.78, 5) is 24.6. The largest absolute Gasteiger partial charge is 0.465 e. The minimum atomic E-state index is -0.211. The van der Waals surface area contributed by atoms with E-state index in [-0.39, 0.29) is 24.5 Å². The number of rotatable bonds is 7. The van der Waals surface area contributed by atoms with Crippen molar-refractivity contribution >= 4 is 22.8 Å². The lowest BCUT2D eigenvalue weighted by atomic mass is 9.91. The molecule has 1 aromatic heterocycles. The Morgan fingerprint density at radius 2 is 1.87 bits per heavy atom. The molecule has 0 spiro atoms. The Labute approximate surface area is 177 Å². The van der Waals surface area contributed by atoms with Crippen LogP contribution < -0.4 is 5.32 Å². The maximum Gasteiger partial charge on any atom is 0.325 e. The maximum atomic E-state index is 12.5. The van der Waals surface area contributed by atoms with Crippen molar-refractivity contribution in [2.45, 2.75) is 51.6 Å². The zero-order chi connectivity index (χ0) is 20.9. The summed E-state index contributed by atoms with van der Waals surface area (Å²) in [6, 6.07) is 18.4. The molecule has 0 bridgehead atoms. The van der Waals surface area contributed by atoms with Gasteiger partial charge in [0.05, 0.1) is 6.61 Å². The van der Waals surface area contributed by atoms with E-state index in [9.17, 15) is 9.59 Å². The van der Waals surface area contributed by atoms with Crippen molar-refractivity contribution in [3.8, 4) is 0 Å². The number of nitrogens with zero attached hydrogens (tertiary/aromatic N) is 1. The van der Waals surface area contributed by atoms with Gasteiger partial charge in [-0.05, 0) is 49.8 Å². The van der Waals surface area contributed by atoms with Crippen LogP contribution in [0.15, 0.2) is 54.6 Å². The van der Waals surface area contributed by atoms with E-state index in [0.717, 1.165) is 31.2 Å². The third-order valence-electron chi connectivity index (χ3n) is 5.82. The molecule has 0 saturated heterocycles. The maximum absolute atomic E-state index is 12.5. The van der Waals surface area contributed by atoms with Crippen molar-refractivity contribution in [3.63, 3.8) is 0 Å². The second kappa shape index (κ2) is 9.16. The van der Waals surface area contributed by atoms with Gasteiger partial charge in [0.1, 0.15) is 6.54 Å². The fraction of sp³-hybridized carbons (Fsp3) is 0.360. The van der Waals surface area contributed by atoms with E-state index in [2.05, 4.69) is 34.1 Å². The molecule has 30 heavy (non-hydrogen) atoms. The normalized spacial score (nSPS) is 15.6. The highest BCUT2D eigenvalue weighted by Gasteiger charge is 2.27. The van der Waals surface area contributed by atoms with Crippen molar-refractivity contribution in [2.75, 3.05) is 6.61 Å². The van der Waals surface area contributed by atoms with Crippen molar-refractivity contribution in [3.05, 3.63) is 71.4 Å². The van der Waals surface area contributed by atoms with Crippen molar-refractivity contribution < 1.29 is 14.3 Å². The zero-order valence-electron chi connectivity index (χ0n) is 17.4. The quantitative estimate of drug-likeness (QED) is 0.609. The fourth-order valence-electron chi connectivity index (χ4n) is 4.44. The first-order valence-electron chi connectivity index (χ1n) is 10.7. The predicted molar refractivity (Wildman–Crippen MR) is 117 cm³/mol. The van der Waals surface area contributed by atoms with Crippen molar-refractivity contribution in [2.24, 2.45) is 0 Å². The molecule has 0 saturated carbocycles. The lowest BCUT2D eigenvalue weighted by Gasteiger charge is -2.25. The summed E-state index contributed by atoms with van der Waals surface area (Å²) in [5, 5.41) is 4.39. The number of hydrogen-bond donors (Lipinski definition) is 1. The minimum absolute atomic E-state index is 0.0996. The summed E-state index contributed by atoms with van der Waals surface area (Å²) in [7, 11) is 0. The van der Waals surface area contributed by atoms with Crippen LogP contribution in [0.2, 0.25) is 0 Å². The lowest BCUT2D eigenvalue weighted by molar-refractivity contribution is -0.143. The van der Waals surface area contributed by atoms with Gasteiger partial charge in [-0.25, -0.2) is 0 Å². The molecule has 0 aliphatic heterocycles. The molecule has 5 nitrogen and oxygen atoms in total. The molecule has 1 aliphatic carbocycles. The van der Waals surface area contributed by atoms with Crippen LogP contribution >= 0.6 is 0 Å². The number of benzene rings is 2. The Bertz CT molecular complexity index is 1040. The van der Waals surface area contributed by atoms with Gasteiger partial charge in [0, 0.05) is 29.1 Å². The predicted octanol–water partition coefficient (Wildman–Crippen LogP) is 3.81. The highest BCUT2D eigenvalue weighted by Crippen LogP contribution is 2.32. The van der Waals surface area contributed by atoms with Gasteiger partial charge in [-0.1, -0.05) is 48.5 Å². The summed E-state index contributed by atoms with van der Waals surface area (Å²) in [6.07, 6.45) is 3.76. The van der Waals surface area contributed by atoms with Crippen molar-refractivity contribution in [1.82, 2.24) is 9.88 Å². The highest BCUT2D eigenvalue weighted by molar-refractivity contribution is 5.87. The van der Waals surface area contributed by atoms with Crippen LogP contribution in [0.3, 0.4) is 0 Å². The molecule has 0 radical (unpaired) electrons. The molecule has 3 aromatic rings. The number of ether oxygens (including phenoxy) is 1. The Balaban J connectivity index is 1.47. The highest BCUT2D eigenvalue weighted by atomic mass is 16.5. The lowest BCUT2D eigenvalue weighted by Crippen LogP contribution is -2.39. The SMILES string of the molecule is CCOC(=O)Cn1c2c(c3ccccc31)C[C@H](NC(=O)CCc1ccccc1)CC2. The van der Waals surface area contributed by atoms with Gasteiger partial charge < -0.3 is 14.6 Å². The van der Waals surface area contributed by atoms with Gasteiger partial charge in [-0.15, -0.1) is 0 Å². The molecule has 4 rings (SSSR count). The average molecular weight is 405 g/mol. The number of hydrogen-bond acceptors (Lipinski definition) is 3. The van der Waals surface area contributed by atoms with Gasteiger partial charge in [0.2, 0.25) is 5.91 Å². The van der Waals surface area contributed by atoms with E-state index < -0.39 is 0 Å². The molecule has 0 fully saturated rings. The Kier molecular flexibility index (Phi) is 6.17. The summed E-state index contributed by atoms with van der Waals surface area (Å²) in [5.74, 6) is -0.111. The first-order chi connectivity index (χ1) is 14.7. The van der Waals surface area contributed by atoms with Crippen LogP contribution in [-0.4, -0.2) is 29.1 Å². The van der Waals surface area contributed by atoms with Crippen LogP contribution in [0, 0.1) is 0 Å². The smallest absolute Gasteiger partial charge is 0.325 e. The Morgan fingerprint density at radius 3 is 2.67 bits per heavy atom. The molecule has 1 aliphatic rings. The molecule has 0 unspecified atom stereocenters. The van der Waals surface area contributed by atoms with Crippen molar-refractivity contribution in [1.29, 1.82) is 0 Å². The molecule has 156 valence electrons. The molecule has 1 atom stereocenters. The van der Waals surface area contributed by atoms with Crippen LogP contribution in [0.5, 0.6) is 0 Å². The van der Waals surface area contributed by atoms with E-state index in [4.69, 9.17) is 4.74 Å². The summed E-state index contributed by atoms with van der Waals surface area (Å²) in [6.45, 7) is 2.45. The van der Waals surface area contributed by atoms with Crippen LogP contribution in [0.4, 0.5) is 0 Å². The standard InChI is InChI=1S/C25H28N2O3/c1-2-30-25(29)17-27-22-11-7-6-10-20(22)21-16-19(13-14-23(21)27)26-24(28)15-12-18-8-4-3-5-9-18/h3-11,19H,2,12-17H2,1H3,(H,26,28)/t19-/m1/s1. The molecular formula is C25H28N2O3. The molecular weight excluding hydrogens is 376 g/mol. The Hall–Kier alpha value is -3.08. The molecule has 1 N–H and O–H groups in total. The van der Waals surface area contributed by atoms with Crippen LogP contribution in [0.25, 0.3) is 10.9 Å². The van der Waals surface area contributed by atoms with Gasteiger partial charge in [0.25, 0.3) is 0 Å². The Morgan fingerprint density at radius 1 is 1.10 bits per heavy atom. The van der Waals surface area contributed by atoms with Gasteiger partial charge in [0.15, 0.2) is 0 Å². The second-order valence-electron chi connectivity index (χ2n) is 7.83. The summed E-state index contributed by atoms with van der Waals surface area (Å²) >= 11 is 0. The summed E-state index contributed by atoms with van der Waals surface area (Å²) in [5.41, 5.74) is 4.68. The third kappa shape index (κ3) is 4.40. The van der Waals surface area contributed by atoms with Crippen LogP contribution in [0.1, 0.15) is 36.6 Å². The number of carbonyl (C=O) groups excluding carboxylic acids is 2. The first-order valence-corrected chi connectivity index (χ1v) is 10.7. The van der Waals surface area contributed by atoms with Gasteiger partial charge >= 0.3 is 5.97 Å². The number of aromatic nitrogens is 1. The van der Waals surface area contributed by atoms with E-state index in [0.29, 0.717) is 13.0 Å². The van der Waals surface area contributed by atoms with Gasteiger partial charge in [-0.2, -0.15) is 0 Å². The van der Waals surface area contributed by atoms with E-state index >= 15 is 0 Å². The molecule has 1 amide bonds. The third-order valence-corrected chi connectivity index (χ3v) is 5.82. The van der Waals surface area contributed by atoms with E-state index in [1.54, 1.807) is 0 Å². The number of para-hydroxylation sites is 1. The minimum Gasteiger partial charge on any atom is -0.465 e. The number of carbonyl (C=O) groups is 2. The number of amides is 1. The van der Waals surface area contributed by atoms with Gasteiger partial charge in [-0.3, -0.25) is 9.59 Å². The topological polar surface area (TPSA) is 60.3 Å². The fourth-order valence-corrected chi connectivity index (χ4v) is 4.44. The second-order valence-corrected chi connectivity index (χ2v) is 7.83. The monoisotopic (exact) mass is 404 g/mol. The molecule has 1 heterocycles. The number of nitrogens with one attached hydrogen (secondary N) is 1. The zero-order valence-corrected chi connectivity index (χ0v) is 17.4. The number of aryl methyl sites for hydroxylation is 1. The number of fused-ring (bicyclic) bond motifs is 3. The number of esters is 1. The average Bonchev–Trinajstić information content (AvgIpc) is 3.06. The summed E-state index contributed by atoms with van der Waals surface area (Å²) < 4.78 is 7.27. The van der Waals surface area contributed by atoms with Crippen LogP contribution in [-0.2, 0) is 40.1 Å². The molecule has 5 heteroatoms. The van der Waals surface area contributed by atoms with E-state index in [1.807, 2.05) is 37.3 Å². The van der Waals surface area contributed by atoms with E-state index in [1.165, 1.54) is 22.2 Å².